The highest BCUT2D eigenvalue weighted by Crippen LogP contribution is 2.21. The second-order valence-corrected chi connectivity index (χ2v) is 3.55. The maximum Gasteiger partial charge on any atom is 0.405 e. The van der Waals surface area contributed by atoms with Gasteiger partial charge in [0.05, 0.1) is 17.5 Å². The molecule has 0 spiro atoms. The topological polar surface area (TPSA) is 118 Å². The van der Waals surface area contributed by atoms with Gasteiger partial charge in [0.15, 0.2) is 5.65 Å². The fourth-order valence-electron chi connectivity index (χ4n) is 1.61. The van der Waals surface area contributed by atoms with E-state index in [-0.39, 0.29) is 6.54 Å². The van der Waals surface area contributed by atoms with Crippen molar-refractivity contribution in [1.82, 2.24) is 20.0 Å². The summed E-state index contributed by atoms with van der Waals surface area (Å²) in [4.78, 5) is 18.3. The van der Waals surface area contributed by atoms with Gasteiger partial charge in [-0.3, -0.25) is 0 Å². The van der Waals surface area contributed by atoms with Crippen molar-refractivity contribution in [3.05, 3.63) is 18.1 Å². The number of amides is 1. The number of nitrogens with zero attached hydrogens (tertiary/aromatic N) is 3. The monoisotopic (exact) mass is 260 g/mol. The molecule has 0 atom stereocenters. The Balaban J connectivity index is 2.40. The van der Waals surface area contributed by atoms with Crippen LogP contribution in [0.3, 0.4) is 0 Å². The van der Waals surface area contributed by atoms with Gasteiger partial charge >= 0.3 is 6.09 Å². The molecule has 8 nitrogen and oxygen atoms in total. The molecule has 0 bridgehead atoms. The lowest BCUT2D eigenvalue weighted by Gasteiger charge is -2.01. The largest absolute Gasteiger partial charge is 0.465 e. The molecule has 2 rings (SSSR count). The molecule has 0 saturated heterocycles. The Labute approximate surface area is 108 Å². The van der Waals surface area contributed by atoms with Crippen LogP contribution >= 0.6 is 0 Å². The van der Waals surface area contributed by atoms with Crippen LogP contribution in [0.15, 0.2) is 12.5 Å². The average molecular weight is 260 g/mol. The third kappa shape index (κ3) is 2.50. The van der Waals surface area contributed by atoms with Crippen LogP contribution in [0.1, 0.15) is 5.56 Å². The molecule has 0 fully saturated rings. The van der Waals surface area contributed by atoms with E-state index in [1.165, 1.54) is 6.33 Å². The summed E-state index contributed by atoms with van der Waals surface area (Å²) in [6.07, 6.45) is 1.98. The number of rotatable bonds is 2. The van der Waals surface area contributed by atoms with Gasteiger partial charge in [0, 0.05) is 13.2 Å². The zero-order chi connectivity index (χ0) is 13.8. The number of fused-ring (bicyclic) bond motifs is 1. The standard InChI is InChI=1S/C11H12N6O2/c1-13-17-5-7(3-2-4-14-11(18)19)8-9(12)15-6-16-10(8)17/h5-6,13-14H,4H2,1H3,(H,18,19)(H2,12,15,16). The molecular formula is C11H12N6O2. The molecule has 19 heavy (non-hydrogen) atoms. The molecule has 0 radical (unpaired) electrons. The summed E-state index contributed by atoms with van der Waals surface area (Å²) in [7, 11) is 1.74. The van der Waals surface area contributed by atoms with Crippen molar-refractivity contribution < 1.29 is 9.90 Å². The van der Waals surface area contributed by atoms with E-state index >= 15 is 0 Å². The fraction of sp³-hybridized carbons (Fsp3) is 0.182. The highest BCUT2D eigenvalue weighted by atomic mass is 16.4. The molecule has 2 aromatic heterocycles. The number of carbonyl (C=O) groups is 1. The van der Waals surface area contributed by atoms with Crippen LogP contribution < -0.4 is 16.5 Å². The quantitative estimate of drug-likeness (QED) is 0.556. The van der Waals surface area contributed by atoms with Crippen molar-refractivity contribution in [2.75, 3.05) is 24.8 Å². The van der Waals surface area contributed by atoms with E-state index in [0.29, 0.717) is 22.4 Å². The molecule has 0 aliphatic rings. The maximum atomic E-state index is 10.3. The van der Waals surface area contributed by atoms with E-state index in [4.69, 9.17) is 10.8 Å². The molecule has 0 aromatic carbocycles. The van der Waals surface area contributed by atoms with Crippen molar-refractivity contribution in [3.8, 4) is 11.8 Å². The molecule has 2 aromatic rings. The normalized spacial score (nSPS) is 9.74. The summed E-state index contributed by atoms with van der Waals surface area (Å²) < 4.78 is 1.67. The lowest BCUT2D eigenvalue weighted by Crippen LogP contribution is -2.20. The zero-order valence-corrected chi connectivity index (χ0v) is 10.1. The van der Waals surface area contributed by atoms with Crippen molar-refractivity contribution in [2.24, 2.45) is 0 Å². The van der Waals surface area contributed by atoms with Crippen LogP contribution in [0.25, 0.3) is 11.0 Å². The summed E-state index contributed by atoms with van der Waals surface area (Å²) in [6.45, 7) is 0.0369. The molecule has 98 valence electrons. The number of carboxylic acid groups (broad SMARTS) is 1. The fourth-order valence-corrected chi connectivity index (χ4v) is 1.61. The van der Waals surface area contributed by atoms with Crippen molar-refractivity contribution >= 4 is 22.9 Å². The minimum Gasteiger partial charge on any atom is -0.465 e. The number of anilines is 1. The SMILES string of the molecule is CNn1cc(C#CCNC(=O)O)c2c(N)ncnc21. The summed E-state index contributed by atoms with van der Waals surface area (Å²) >= 11 is 0. The van der Waals surface area contributed by atoms with Gasteiger partial charge in [-0.2, -0.15) is 0 Å². The van der Waals surface area contributed by atoms with Crippen molar-refractivity contribution in [1.29, 1.82) is 0 Å². The van der Waals surface area contributed by atoms with Crippen LogP contribution in [-0.2, 0) is 0 Å². The minimum atomic E-state index is -1.12. The molecule has 2 heterocycles. The van der Waals surface area contributed by atoms with Gasteiger partial charge in [-0.05, 0) is 0 Å². The van der Waals surface area contributed by atoms with Crippen LogP contribution in [0.4, 0.5) is 10.6 Å². The molecule has 0 saturated carbocycles. The first-order valence-electron chi connectivity index (χ1n) is 5.38. The first-order chi connectivity index (χ1) is 9.13. The van der Waals surface area contributed by atoms with E-state index in [0.717, 1.165) is 0 Å². The third-order valence-electron chi connectivity index (χ3n) is 2.40. The van der Waals surface area contributed by atoms with E-state index in [1.807, 2.05) is 0 Å². The van der Waals surface area contributed by atoms with Crippen LogP contribution in [-0.4, -0.2) is 39.4 Å². The smallest absolute Gasteiger partial charge is 0.405 e. The van der Waals surface area contributed by atoms with Gasteiger partial charge in [-0.25, -0.2) is 19.4 Å². The highest BCUT2D eigenvalue weighted by Gasteiger charge is 2.11. The first kappa shape index (κ1) is 12.5. The van der Waals surface area contributed by atoms with E-state index in [2.05, 4.69) is 32.6 Å². The summed E-state index contributed by atoms with van der Waals surface area (Å²) in [6, 6.07) is 0. The second-order valence-electron chi connectivity index (χ2n) is 3.55. The van der Waals surface area contributed by atoms with Gasteiger partial charge in [0.25, 0.3) is 0 Å². The van der Waals surface area contributed by atoms with Crippen LogP contribution in [0, 0.1) is 11.8 Å². The minimum absolute atomic E-state index is 0.0369. The molecule has 0 unspecified atom stereocenters. The number of aromatic nitrogens is 3. The average Bonchev–Trinajstić information content (AvgIpc) is 2.74. The number of nitrogens with one attached hydrogen (secondary N) is 2. The van der Waals surface area contributed by atoms with Crippen LogP contribution in [0.2, 0.25) is 0 Å². The predicted octanol–water partition coefficient (Wildman–Crippen LogP) is -0.194. The van der Waals surface area contributed by atoms with E-state index < -0.39 is 6.09 Å². The molecule has 0 aliphatic heterocycles. The van der Waals surface area contributed by atoms with Gasteiger partial charge in [0.2, 0.25) is 0 Å². The Kier molecular flexibility index (Phi) is 3.38. The highest BCUT2D eigenvalue weighted by molar-refractivity contribution is 5.92. The Morgan fingerprint density at radius 1 is 1.58 bits per heavy atom. The second kappa shape index (κ2) is 5.14. The Morgan fingerprint density at radius 2 is 2.37 bits per heavy atom. The molecule has 0 aliphatic carbocycles. The number of hydrogen-bond donors (Lipinski definition) is 4. The van der Waals surface area contributed by atoms with Crippen molar-refractivity contribution in [3.63, 3.8) is 0 Å². The maximum absolute atomic E-state index is 10.3. The van der Waals surface area contributed by atoms with Crippen molar-refractivity contribution in [2.45, 2.75) is 0 Å². The van der Waals surface area contributed by atoms with E-state index in [9.17, 15) is 4.79 Å². The molecule has 1 amide bonds. The summed E-state index contributed by atoms with van der Waals surface area (Å²) in [5.41, 5.74) is 9.98. The number of nitrogen functional groups attached to an aromatic ring is 1. The number of nitrogens with two attached hydrogens (primary N) is 1. The van der Waals surface area contributed by atoms with E-state index in [1.54, 1.807) is 17.9 Å². The third-order valence-corrected chi connectivity index (χ3v) is 2.40. The van der Waals surface area contributed by atoms with Crippen LogP contribution in [0.5, 0.6) is 0 Å². The Bertz CT molecular complexity index is 682. The molecule has 5 N–H and O–H groups in total. The Hall–Kier alpha value is -2.95. The van der Waals surface area contributed by atoms with Gasteiger partial charge < -0.3 is 21.6 Å². The molecular weight excluding hydrogens is 248 g/mol. The zero-order valence-electron chi connectivity index (χ0n) is 10.1. The van der Waals surface area contributed by atoms with Gasteiger partial charge in [-0.1, -0.05) is 11.8 Å². The molecule has 8 heteroatoms. The Morgan fingerprint density at radius 3 is 3.05 bits per heavy atom. The lowest BCUT2D eigenvalue weighted by atomic mass is 10.2. The number of hydrogen-bond acceptors (Lipinski definition) is 5. The summed E-state index contributed by atoms with van der Waals surface area (Å²) in [5, 5.41) is 11.2. The first-order valence-corrected chi connectivity index (χ1v) is 5.38. The summed E-state index contributed by atoms with van der Waals surface area (Å²) in [5.74, 6) is 5.87. The van der Waals surface area contributed by atoms with Gasteiger partial charge in [0.1, 0.15) is 12.1 Å². The van der Waals surface area contributed by atoms with Gasteiger partial charge in [-0.15, -0.1) is 0 Å². The predicted molar refractivity (Wildman–Crippen MR) is 70.1 cm³/mol. The lowest BCUT2D eigenvalue weighted by molar-refractivity contribution is 0.196.